The number of piperidine rings is 1. The van der Waals surface area contributed by atoms with Crippen LogP contribution in [0.2, 0.25) is 0 Å². The number of nitrogens with one attached hydrogen (secondary N) is 1. The number of ether oxygens (including phenoxy) is 1. The second kappa shape index (κ2) is 9.61. The zero-order chi connectivity index (χ0) is 21.7. The van der Waals surface area contributed by atoms with Crippen LogP contribution in [0.4, 0.5) is 11.4 Å². The van der Waals surface area contributed by atoms with Gasteiger partial charge in [-0.25, -0.2) is 4.79 Å². The van der Waals surface area contributed by atoms with Gasteiger partial charge in [0.25, 0.3) is 5.91 Å². The van der Waals surface area contributed by atoms with Gasteiger partial charge in [-0.05, 0) is 70.4 Å². The molecular weight excluding hydrogens is 380 g/mol. The van der Waals surface area contributed by atoms with E-state index in [4.69, 9.17) is 4.74 Å². The first-order chi connectivity index (χ1) is 14.3. The number of esters is 1. The van der Waals surface area contributed by atoms with Crippen molar-refractivity contribution < 1.29 is 14.3 Å². The van der Waals surface area contributed by atoms with E-state index in [1.54, 1.807) is 17.7 Å². The van der Waals surface area contributed by atoms with Crippen molar-refractivity contribution >= 4 is 29.3 Å². The molecule has 2 aromatic rings. The number of carbonyl (C=O) groups excluding carboxylic acids is 2. The standard InChI is InChI=1S/C23H30N4O3/c1-16-21(17(2)26(4)25-16)12-13-22(28)30-18(3)23(29)24-19-8-10-20(11-9-19)27-14-6-5-7-15-27/h8-13,18H,5-7,14-15H2,1-4H3,(H,24,29)/b13-12+/t18-/m1/s1. The lowest BCUT2D eigenvalue weighted by molar-refractivity contribution is -0.148. The number of hydrogen-bond donors (Lipinski definition) is 1. The molecule has 7 heteroatoms. The number of amides is 1. The van der Waals surface area contributed by atoms with E-state index < -0.39 is 12.1 Å². The van der Waals surface area contributed by atoms with Crippen LogP contribution in [0.1, 0.15) is 43.1 Å². The van der Waals surface area contributed by atoms with Gasteiger partial charge in [0.2, 0.25) is 0 Å². The normalized spacial score (nSPS) is 15.3. The number of nitrogens with zero attached hydrogens (tertiary/aromatic N) is 3. The lowest BCUT2D eigenvalue weighted by Crippen LogP contribution is -2.30. The number of aryl methyl sites for hydroxylation is 2. The Morgan fingerprint density at radius 1 is 1.13 bits per heavy atom. The SMILES string of the molecule is Cc1nn(C)c(C)c1/C=C/C(=O)O[C@H](C)C(=O)Nc1ccc(N2CCCCC2)cc1. The highest BCUT2D eigenvalue weighted by molar-refractivity contribution is 5.96. The molecule has 0 aliphatic carbocycles. The van der Waals surface area contributed by atoms with Crippen molar-refractivity contribution in [1.29, 1.82) is 0 Å². The summed E-state index contributed by atoms with van der Waals surface area (Å²) in [6, 6.07) is 7.78. The number of hydrogen-bond acceptors (Lipinski definition) is 5. The third kappa shape index (κ3) is 5.28. The van der Waals surface area contributed by atoms with Gasteiger partial charge >= 0.3 is 5.97 Å². The fourth-order valence-electron chi connectivity index (χ4n) is 3.60. The van der Waals surface area contributed by atoms with Gasteiger partial charge in [0.15, 0.2) is 6.10 Å². The van der Waals surface area contributed by atoms with E-state index in [1.165, 1.54) is 31.0 Å². The second-order valence-electron chi connectivity index (χ2n) is 7.70. The Hall–Kier alpha value is -3.09. The van der Waals surface area contributed by atoms with Gasteiger partial charge in [0.1, 0.15) is 0 Å². The molecule has 1 aromatic carbocycles. The maximum atomic E-state index is 12.4. The summed E-state index contributed by atoms with van der Waals surface area (Å²) in [4.78, 5) is 26.9. The lowest BCUT2D eigenvalue weighted by Gasteiger charge is -2.28. The molecule has 0 radical (unpaired) electrons. The average molecular weight is 411 g/mol. The van der Waals surface area contributed by atoms with E-state index in [2.05, 4.69) is 15.3 Å². The third-order valence-corrected chi connectivity index (χ3v) is 5.47. The van der Waals surface area contributed by atoms with E-state index in [-0.39, 0.29) is 5.91 Å². The van der Waals surface area contributed by atoms with E-state index in [0.717, 1.165) is 30.0 Å². The Morgan fingerprint density at radius 2 is 1.80 bits per heavy atom. The fourth-order valence-corrected chi connectivity index (χ4v) is 3.60. The predicted molar refractivity (Wildman–Crippen MR) is 118 cm³/mol. The van der Waals surface area contributed by atoms with Gasteiger partial charge in [-0.1, -0.05) is 0 Å². The van der Waals surface area contributed by atoms with E-state index >= 15 is 0 Å². The molecular formula is C23H30N4O3. The number of anilines is 2. The molecule has 1 N–H and O–H groups in total. The summed E-state index contributed by atoms with van der Waals surface area (Å²) in [5, 5.41) is 7.11. The van der Waals surface area contributed by atoms with Crippen molar-refractivity contribution in [3.8, 4) is 0 Å². The maximum Gasteiger partial charge on any atom is 0.331 e. The molecule has 0 bridgehead atoms. The zero-order valence-corrected chi connectivity index (χ0v) is 18.1. The van der Waals surface area contributed by atoms with Crippen LogP contribution in [-0.4, -0.2) is 40.9 Å². The summed E-state index contributed by atoms with van der Waals surface area (Å²) in [5.74, 6) is -0.933. The number of benzene rings is 1. The summed E-state index contributed by atoms with van der Waals surface area (Å²) in [6.07, 6.45) is 5.82. The van der Waals surface area contributed by atoms with Gasteiger partial charge in [0, 0.05) is 48.8 Å². The van der Waals surface area contributed by atoms with Gasteiger partial charge in [-0.15, -0.1) is 0 Å². The first-order valence-electron chi connectivity index (χ1n) is 10.4. The molecule has 1 saturated heterocycles. The van der Waals surface area contributed by atoms with Crippen LogP contribution in [0, 0.1) is 13.8 Å². The Balaban J connectivity index is 1.52. The molecule has 30 heavy (non-hydrogen) atoms. The highest BCUT2D eigenvalue weighted by Crippen LogP contribution is 2.22. The summed E-state index contributed by atoms with van der Waals surface area (Å²) in [7, 11) is 1.85. The van der Waals surface area contributed by atoms with E-state index in [9.17, 15) is 9.59 Å². The molecule has 7 nitrogen and oxygen atoms in total. The quantitative estimate of drug-likeness (QED) is 0.582. The van der Waals surface area contributed by atoms with Crippen LogP contribution in [0.15, 0.2) is 30.3 Å². The highest BCUT2D eigenvalue weighted by Gasteiger charge is 2.17. The summed E-state index contributed by atoms with van der Waals surface area (Å²) in [5.41, 5.74) is 4.51. The monoisotopic (exact) mass is 410 g/mol. The topological polar surface area (TPSA) is 76.5 Å². The average Bonchev–Trinajstić information content (AvgIpc) is 2.98. The summed E-state index contributed by atoms with van der Waals surface area (Å²) >= 11 is 0. The molecule has 1 aliphatic rings. The minimum Gasteiger partial charge on any atom is -0.449 e. The lowest BCUT2D eigenvalue weighted by atomic mass is 10.1. The minimum atomic E-state index is -0.903. The molecule has 0 saturated carbocycles. The Bertz CT molecular complexity index is 925. The van der Waals surface area contributed by atoms with Crippen molar-refractivity contribution in [2.24, 2.45) is 7.05 Å². The molecule has 1 atom stereocenters. The van der Waals surface area contributed by atoms with E-state index in [0.29, 0.717) is 5.69 Å². The van der Waals surface area contributed by atoms with Gasteiger partial charge in [-0.2, -0.15) is 5.10 Å². The zero-order valence-electron chi connectivity index (χ0n) is 18.1. The molecule has 2 heterocycles. The molecule has 3 rings (SSSR count). The molecule has 0 spiro atoms. The second-order valence-corrected chi connectivity index (χ2v) is 7.70. The van der Waals surface area contributed by atoms with Crippen LogP contribution < -0.4 is 10.2 Å². The van der Waals surface area contributed by atoms with Crippen LogP contribution >= 0.6 is 0 Å². The largest absolute Gasteiger partial charge is 0.449 e. The Kier molecular flexibility index (Phi) is 6.92. The molecule has 1 aromatic heterocycles. The Labute approximate surface area is 177 Å². The molecule has 1 fully saturated rings. The fraction of sp³-hybridized carbons (Fsp3) is 0.435. The smallest absolute Gasteiger partial charge is 0.331 e. The van der Waals surface area contributed by atoms with Gasteiger partial charge < -0.3 is 15.0 Å². The first-order valence-corrected chi connectivity index (χ1v) is 10.4. The summed E-state index contributed by atoms with van der Waals surface area (Å²) in [6.45, 7) is 7.51. The van der Waals surface area contributed by atoms with Crippen molar-refractivity contribution in [1.82, 2.24) is 9.78 Å². The number of aromatic nitrogens is 2. The minimum absolute atomic E-state index is 0.365. The highest BCUT2D eigenvalue weighted by atomic mass is 16.5. The molecule has 160 valence electrons. The van der Waals surface area contributed by atoms with Gasteiger partial charge in [0.05, 0.1) is 5.69 Å². The van der Waals surface area contributed by atoms with Crippen molar-refractivity contribution in [3.05, 3.63) is 47.3 Å². The van der Waals surface area contributed by atoms with Crippen LogP contribution in [0.25, 0.3) is 6.08 Å². The molecule has 0 unspecified atom stereocenters. The predicted octanol–water partition coefficient (Wildman–Crippen LogP) is 3.61. The Morgan fingerprint density at radius 3 is 2.40 bits per heavy atom. The number of carbonyl (C=O) groups is 2. The molecule has 1 aliphatic heterocycles. The van der Waals surface area contributed by atoms with Crippen molar-refractivity contribution in [2.45, 2.75) is 46.1 Å². The molecule has 1 amide bonds. The summed E-state index contributed by atoms with van der Waals surface area (Å²) < 4.78 is 7.00. The van der Waals surface area contributed by atoms with Crippen LogP contribution in [0.5, 0.6) is 0 Å². The van der Waals surface area contributed by atoms with Gasteiger partial charge in [-0.3, -0.25) is 9.48 Å². The maximum absolute atomic E-state index is 12.4. The van der Waals surface area contributed by atoms with Crippen molar-refractivity contribution in [3.63, 3.8) is 0 Å². The van der Waals surface area contributed by atoms with Crippen LogP contribution in [0.3, 0.4) is 0 Å². The van der Waals surface area contributed by atoms with E-state index in [1.807, 2.05) is 45.2 Å². The first kappa shape index (κ1) is 21.6. The van der Waals surface area contributed by atoms with Crippen molar-refractivity contribution in [2.75, 3.05) is 23.3 Å². The number of rotatable bonds is 6. The van der Waals surface area contributed by atoms with Crippen LogP contribution in [-0.2, 0) is 21.4 Å². The third-order valence-electron chi connectivity index (χ3n) is 5.47.